The van der Waals surface area contributed by atoms with Gasteiger partial charge in [-0.1, -0.05) is 0 Å². The largest absolute Gasteiger partial charge is 0.304 e. The van der Waals surface area contributed by atoms with E-state index in [2.05, 4.69) is 32.4 Å². The van der Waals surface area contributed by atoms with Crippen molar-refractivity contribution in [2.45, 2.75) is 26.7 Å². The Morgan fingerprint density at radius 3 is 2.74 bits per heavy atom. The zero-order chi connectivity index (χ0) is 16.4. The molecule has 0 spiro atoms. The molecular formula is C15H23N7O. The van der Waals surface area contributed by atoms with Crippen LogP contribution in [0, 0.1) is 13.8 Å². The summed E-state index contributed by atoms with van der Waals surface area (Å²) in [6.45, 7) is 7.63. The first-order valence-corrected chi connectivity index (χ1v) is 7.93. The maximum absolute atomic E-state index is 12.2. The molecule has 8 heteroatoms. The number of rotatable bonds is 4. The van der Waals surface area contributed by atoms with E-state index in [1.54, 1.807) is 4.52 Å². The summed E-state index contributed by atoms with van der Waals surface area (Å²) < 4.78 is 1.72. The Morgan fingerprint density at radius 1 is 1.26 bits per heavy atom. The lowest BCUT2D eigenvalue weighted by atomic mass is 10.1. The number of nitrogens with zero attached hydrogens (tertiary/aromatic N) is 6. The van der Waals surface area contributed by atoms with Gasteiger partial charge in [-0.25, -0.2) is 14.5 Å². The molecule has 3 rings (SSSR count). The van der Waals surface area contributed by atoms with Crippen LogP contribution in [0.25, 0.3) is 5.78 Å². The second-order valence-corrected chi connectivity index (χ2v) is 6.06. The third kappa shape index (κ3) is 3.48. The van der Waals surface area contributed by atoms with E-state index in [-0.39, 0.29) is 5.91 Å². The van der Waals surface area contributed by atoms with Crippen LogP contribution in [0.3, 0.4) is 0 Å². The van der Waals surface area contributed by atoms with Gasteiger partial charge in [0.25, 0.3) is 5.78 Å². The van der Waals surface area contributed by atoms with Crippen LogP contribution in [0.15, 0.2) is 6.33 Å². The number of amides is 1. The predicted octanol–water partition coefficient (Wildman–Crippen LogP) is -0.0477. The van der Waals surface area contributed by atoms with Gasteiger partial charge in [-0.2, -0.15) is 10.1 Å². The highest BCUT2D eigenvalue weighted by Gasteiger charge is 2.17. The summed E-state index contributed by atoms with van der Waals surface area (Å²) in [7, 11) is 2.10. The number of likely N-dealkylation sites (N-methyl/N-ethyl adjacent to an activating group) is 1. The second-order valence-electron chi connectivity index (χ2n) is 6.06. The van der Waals surface area contributed by atoms with Gasteiger partial charge < -0.3 is 4.90 Å². The van der Waals surface area contributed by atoms with Crippen molar-refractivity contribution in [1.29, 1.82) is 0 Å². The van der Waals surface area contributed by atoms with Crippen molar-refractivity contribution >= 4 is 11.7 Å². The minimum absolute atomic E-state index is 0.0482. The zero-order valence-electron chi connectivity index (χ0n) is 13.9. The lowest BCUT2D eigenvalue weighted by Gasteiger charge is -2.32. The van der Waals surface area contributed by atoms with Gasteiger partial charge in [0.15, 0.2) is 0 Å². The molecule has 8 nitrogen and oxygen atoms in total. The second kappa shape index (κ2) is 6.59. The smallest absolute Gasteiger partial charge is 0.252 e. The Kier molecular flexibility index (Phi) is 4.53. The van der Waals surface area contributed by atoms with E-state index >= 15 is 0 Å². The zero-order valence-corrected chi connectivity index (χ0v) is 13.9. The standard InChI is InChI=1S/C15H23N7O/c1-11-13(12(2)22-15(18-11)16-10-17-22)4-5-14(23)19-21-8-6-20(3)7-9-21/h10H,4-9H2,1-3H3,(H,19,23). The molecule has 3 heterocycles. The van der Waals surface area contributed by atoms with Crippen LogP contribution in [0.2, 0.25) is 0 Å². The maximum Gasteiger partial charge on any atom is 0.252 e. The normalized spacial score (nSPS) is 16.8. The van der Waals surface area contributed by atoms with E-state index in [9.17, 15) is 4.79 Å². The van der Waals surface area contributed by atoms with Crippen LogP contribution in [0.1, 0.15) is 23.4 Å². The van der Waals surface area contributed by atoms with E-state index in [4.69, 9.17) is 0 Å². The predicted molar refractivity (Wildman–Crippen MR) is 85.8 cm³/mol. The number of fused-ring (bicyclic) bond motifs is 1. The fourth-order valence-corrected chi connectivity index (χ4v) is 2.91. The van der Waals surface area contributed by atoms with Crippen LogP contribution < -0.4 is 5.43 Å². The number of carbonyl (C=O) groups is 1. The van der Waals surface area contributed by atoms with E-state index in [1.807, 2.05) is 18.9 Å². The van der Waals surface area contributed by atoms with Crippen LogP contribution in [-0.4, -0.2) is 68.6 Å². The number of piperazine rings is 1. The van der Waals surface area contributed by atoms with Gasteiger partial charge in [0.1, 0.15) is 6.33 Å². The highest BCUT2D eigenvalue weighted by atomic mass is 16.2. The van der Waals surface area contributed by atoms with Crippen molar-refractivity contribution in [2.24, 2.45) is 0 Å². The summed E-state index contributed by atoms with van der Waals surface area (Å²) in [5.74, 6) is 0.651. The molecule has 1 amide bonds. The summed E-state index contributed by atoms with van der Waals surface area (Å²) in [5.41, 5.74) is 5.97. The molecule has 124 valence electrons. The average molecular weight is 317 g/mol. The highest BCUT2D eigenvalue weighted by molar-refractivity contribution is 5.75. The highest BCUT2D eigenvalue weighted by Crippen LogP contribution is 2.14. The van der Waals surface area contributed by atoms with Gasteiger partial charge >= 0.3 is 0 Å². The van der Waals surface area contributed by atoms with Gasteiger partial charge in [0, 0.05) is 44.0 Å². The number of nitrogens with one attached hydrogen (secondary N) is 1. The van der Waals surface area contributed by atoms with Crippen molar-refractivity contribution < 1.29 is 4.79 Å². The molecule has 1 aliphatic heterocycles. The molecule has 2 aromatic rings. The fraction of sp³-hybridized carbons (Fsp3) is 0.600. The topological polar surface area (TPSA) is 78.7 Å². The number of carbonyl (C=O) groups excluding carboxylic acids is 1. The summed E-state index contributed by atoms with van der Waals surface area (Å²) in [6, 6.07) is 0. The Balaban J connectivity index is 1.60. The quantitative estimate of drug-likeness (QED) is 0.852. The first kappa shape index (κ1) is 15.8. The first-order chi connectivity index (χ1) is 11.0. The maximum atomic E-state index is 12.2. The van der Waals surface area contributed by atoms with E-state index < -0.39 is 0 Å². The van der Waals surface area contributed by atoms with Gasteiger partial charge in [-0.15, -0.1) is 0 Å². The van der Waals surface area contributed by atoms with Crippen LogP contribution in [-0.2, 0) is 11.2 Å². The molecule has 0 saturated carbocycles. The van der Waals surface area contributed by atoms with Crippen LogP contribution in [0.5, 0.6) is 0 Å². The monoisotopic (exact) mass is 317 g/mol. The lowest BCUT2D eigenvalue weighted by molar-refractivity contribution is -0.126. The third-order valence-electron chi connectivity index (χ3n) is 4.38. The Bertz CT molecular complexity index is 703. The van der Waals surface area contributed by atoms with Crippen molar-refractivity contribution in [1.82, 2.24) is 34.9 Å². The van der Waals surface area contributed by atoms with Crippen molar-refractivity contribution in [3.8, 4) is 0 Å². The average Bonchev–Trinajstić information content (AvgIpc) is 2.98. The number of hydrogen-bond acceptors (Lipinski definition) is 6. The van der Waals surface area contributed by atoms with Gasteiger partial charge in [0.05, 0.1) is 0 Å². The molecular weight excluding hydrogens is 294 g/mol. The van der Waals surface area contributed by atoms with Gasteiger partial charge in [-0.05, 0) is 32.9 Å². The van der Waals surface area contributed by atoms with E-state index in [1.165, 1.54) is 6.33 Å². The molecule has 0 aromatic carbocycles. The number of hydrazine groups is 1. The first-order valence-electron chi connectivity index (χ1n) is 7.93. The summed E-state index contributed by atoms with van der Waals surface area (Å²) in [5, 5.41) is 6.18. The van der Waals surface area contributed by atoms with E-state index in [0.29, 0.717) is 18.6 Å². The van der Waals surface area contributed by atoms with Crippen molar-refractivity contribution in [3.63, 3.8) is 0 Å². The number of aryl methyl sites for hydroxylation is 2. The van der Waals surface area contributed by atoms with E-state index in [0.717, 1.165) is 43.1 Å². The van der Waals surface area contributed by atoms with Crippen LogP contribution in [0.4, 0.5) is 0 Å². The van der Waals surface area contributed by atoms with Crippen molar-refractivity contribution in [2.75, 3.05) is 33.2 Å². The van der Waals surface area contributed by atoms with Crippen LogP contribution >= 0.6 is 0 Å². The fourth-order valence-electron chi connectivity index (χ4n) is 2.91. The Morgan fingerprint density at radius 2 is 2.00 bits per heavy atom. The molecule has 0 bridgehead atoms. The number of hydrogen-bond donors (Lipinski definition) is 1. The summed E-state index contributed by atoms with van der Waals surface area (Å²) in [6.07, 6.45) is 2.59. The molecule has 0 unspecified atom stereocenters. The van der Waals surface area contributed by atoms with Gasteiger partial charge in [0.2, 0.25) is 5.91 Å². The molecule has 0 radical (unpaired) electrons. The minimum atomic E-state index is 0.0482. The molecule has 2 aromatic heterocycles. The molecule has 1 N–H and O–H groups in total. The summed E-state index contributed by atoms with van der Waals surface area (Å²) in [4.78, 5) is 23.0. The molecule has 0 aliphatic carbocycles. The minimum Gasteiger partial charge on any atom is -0.304 e. The SMILES string of the molecule is Cc1nc2ncnn2c(C)c1CCC(=O)NN1CCN(C)CC1. The Hall–Kier alpha value is -2.06. The molecule has 1 aliphatic rings. The molecule has 0 atom stereocenters. The molecule has 1 fully saturated rings. The van der Waals surface area contributed by atoms with Gasteiger partial charge in [-0.3, -0.25) is 10.2 Å². The summed E-state index contributed by atoms with van der Waals surface area (Å²) >= 11 is 0. The van der Waals surface area contributed by atoms with Crippen molar-refractivity contribution in [3.05, 3.63) is 23.3 Å². The Labute approximate surface area is 135 Å². The molecule has 1 saturated heterocycles. The third-order valence-corrected chi connectivity index (χ3v) is 4.38. The molecule has 23 heavy (non-hydrogen) atoms. The lowest BCUT2D eigenvalue weighted by Crippen LogP contribution is -2.52. The number of aromatic nitrogens is 4.